The molecule has 0 unspecified atom stereocenters. The summed E-state index contributed by atoms with van der Waals surface area (Å²) in [5.41, 5.74) is 2.33. The first-order valence-electron chi connectivity index (χ1n) is 9.93. The third-order valence-corrected chi connectivity index (χ3v) is 6.01. The summed E-state index contributed by atoms with van der Waals surface area (Å²) in [6, 6.07) is 8.55. The van der Waals surface area contributed by atoms with Crippen molar-refractivity contribution in [2.75, 3.05) is 25.9 Å². The fraction of sp³-hybridized carbons (Fsp3) is 0.636. The Hall–Kier alpha value is -1.69. The van der Waals surface area contributed by atoms with Gasteiger partial charge < -0.3 is 15.1 Å². The second kappa shape index (κ2) is 8.76. The van der Waals surface area contributed by atoms with E-state index >= 15 is 0 Å². The fourth-order valence-corrected chi connectivity index (χ4v) is 4.33. The summed E-state index contributed by atoms with van der Waals surface area (Å²) in [5, 5.41) is 3.03. The molecule has 1 aromatic rings. The molecule has 1 N–H and O–H groups in total. The van der Waals surface area contributed by atoms with Crippen LogP contribution in [0.15, 0.2) is 24.3 Å². The lowest BCUT2D eigenvalue weighted by molar-refractivity contribution is -0.128. The van der Waals surface area contributed by atoms with Crippen LogP contribution < -0.4 is 5.32 Å². The Labute approximate surface area is 174 Å². The van der Waals surface area contributed by atoms with E-state index in [9.17, 15) is 9.59 Å². The fourth-order valence-electron chi connectivity index (χ4n) is 3.12. The Kier molecular flexibility index (Phi) is 7.07. The molecule has 1 aliphatic rings. The highest BCUT2D eigenvalue weighted by molar-refractivity contribution is 8.00. The monoisotopic (exact) mass is 405 g/mol. The summed E-state index contributed by atoms with van der Waals surface area (Å²) in [6.45, 7) is 13.8. The summed E-state index contributed by atoms with van der Waals surface area (Å²) in [6.07, 6.45) is 0.761. The van der Waals surface area contributed by atoms with Gasteiger partial charge in [0.2, 0.25) is 5.91 Å². The number of nitrogens with one attached hydrogen (secondary N) is 1. The molecule has 6 heteroatoms. The zero-order chi connectivity index (χ0) is 21.1. The second-order valence-corrected chi connectivity index (χ2v) is 10.6. The number of nitrogens with zero attached hydrogens (tertiary/aromatic N) is 2. The molecule has 1 saturated heterocycles. The zero-order valence-corrected chi connectivity index (χ0v) is 19.2. The van der Waals surface area contributed by atoms with Gasteiger partial charge in [-0.25, -0.2) is 4.79 Å². The van der Waals surface area contributed by atoms with Crippen molar-refractivity contribution in [2.24, 2.45) is 0 Å². The third-order valence-electron chi connectivity index (χ3n) is 4.75. The van der Waals surface area contributed by atoms with E-state index in [-0.39, 0.29) is 28.3 Å². The number of rotatable bonds is 5. The number of urea groups is 1. The van der Waals surface area contributed by atoms with Crippen molar-refractivity contribution < 1.29 is 9.59 Å². The largest absolute Gasteiger partial charge is 0.333 e. The molecule has 28 heavy (non-hydrogen) atoms. The maximum atomic E-state index is 12.4. The van der Waals surface area contributed by atoms with Gasteiger partial charge in [0, 0.05) is 25.7 Å². The van der Waals surface area contributed by atoms with E-state index in [1.165, 1.54) is 11.1 Å². The molecule has 0 spiro atoms. The highest BCUT2D eigenvalue weighted by atomic mass is 32.2. The van der Waals surface area contributed by atoms with Gasteiger partial charge in [0.1, 0.15) is 5.37 Å². The quantitative estimate of drug-likeness (QED) is 0.790. The number of amides is 3. The molecule has 1 fully saturated rings. The number of benzene rings is 1. The van der Waals surface area contributed by atoms with Gasteiger partial charge in [0.05, 0.1) is 5.75 Å². The van der Waals surface area contributed by atoms with Crippen molar-refractivity contribution in [1.29, 1.82) is 0 Å². The molecule has 1 heterocycles. The molecule has 0 aromatic heterocycles. The first kappa shape index (κ1) is 22.6. The van der Waals surface area contributed by atoms with Crippen LogP contribution in [0.5, 0.6) is 0 Å². The van der Waals surface area contributed by atoms with Gasteiger partial charge in [0.25, 0.3) is 0 Å². The van der Waals surface area contributed by atoms with Gasteiger partial charge >= 0.3 is 6.03 Å². The van der Waals surface area contributed by atoms with Crippen LogP contribution in [0.3, 0.4) is 0 Å². The van der Waals surface area contributed by atoms with Crippen LogP contribution in [-0.4, -0.2) is 53.2 Å². The van der Waals surface area contributed by atoms with E-state index in [0.29, 0.717) is 18.8 Å². The average Bonchev–Trinajstić information content (AvgIpc) is 2.93. The van der Waals surface area contributed by atoms with Crippen LogP contribution >= 0.6 is 11.8 Å². The molecule has 0 radical (unpaired) electrons. The minimum Gasteiger partial charge on any atom is -0.333 e. The molecule has 1 aromatic carbocycles. The van der Waals surface area contributed by atoms with Crippen LogP contribution in [0.1, 0.15) is 64.5 Å². The van der Waals surface area contributed by atoms with E-state index < -0.39 is 0 Å². The summed E-state index contributed by atoms with van der Waals surface area (Å²) in [7, 11) is 1.80. The van der Waals surface area contributed by atoms with Crippen molar-refractivity contribution in [1.82, 2.24) is 15.1 Å². The zero-order valence-electron chi connectivity index (χ0n) is 18.3. The molecule has 0 aliphatic carbocycles. The molecule has 156 valence electrons. The molecular weight excluding hydrogens is 370 g/mol. The van der Waals surface area contributed by atoms with Crippen molar-refractivity contribution in [2.45, 2.75) is 64.3 Å². The lowest BCUT2D eigenvalue weighted by Gasteiger charge is -2.28. The van der Waals surface area contributed by atoms with Crippen molar-refractivity contribution >= 4 is 23.7 Å². The van der Waals surface area contributed by atoms with Gasteiger partial charge in [0.15, 0.2) is 0 Å². The van der Waals surface area contributed by atoms with E-state index in [4.69, 9.17) is 0 Å². The van der Waals surface area contributed by atoms with Gasteiger partial charge in [-0.2, -0.15) is 0 Å². The Bertz CT molecular complexity index is 689. The predicted octanol–water partition coefficient (Wildman–Crippen LogP) is 4.39. The maximum absolute atomic E-state index is 12.4. The summed E-state index contributed by atoms with van der Waals surface area (Å²) < 4.78 is 0. The van der Waals surface area contributed by atoms with Gasteiger partial charge in [-0.05, 0) is 43.7 Å². The predicted molar refractivity (Wildman–Crippen MR) is 118 cm³/mol. The van der Waals surface area contributed by atoms with E-state index in [1.807, 2.05) is 25.7 Å². The summed E-state index contributed by atoms with van der Waals surface area (Å²) in [5.74, 6) is 0.697. The summed E-state index contributed by atoms with van der Waals surface area (Å²) in [4.78, 5) is 28.2. The first-order chi connectivity index (χ1) is 12.9. The second-order valence-electron chi connectivity index (χ2n) is 9.58. The van der Waals surface area contributed by atoms with Crippen molar-refractivity contribution in [3.05, 3.63) is 35.4 Å². The maximum Gasteiger partial charge on any atom is 0.317 e. The highest BCUT2D eigenvalue weighted by Gasteiger charge is 2.32. The van der Waals surface area contributed by atoms with Crippen LogP contribution in [0.4, 0.5) is 4.79 Å². The number of carbonyl (C=O) groups excluding carboxylic acids is 2. The number of hydrogen-bond donors (Lipinski definition) is 1. The first-order valence-corrected chi connectivity index (χ1v) is 11.0. The van der Waals surface area contributed by atoms with Gasteiger partial charge in [-0.15, -0.1) is 11.8 Å². The number of carbonyl (C=O) groups is 2. The van der Waals surface area contributed by atoms with Crippen LogP contribution in [0, 0.1) is 0 Å². The molecular formula is C22H35N3O2S. The Balaban J connectivity index is 1.94. The standard InChI is InChI=1S/C22H35N3O2S/c1-21(2,3)17-11-9-16(10-12-17)19-25(18(26)15-28-19)14-8-13-24(7)20(27)23-22(4,5)6/h9-12,19H,8,13-15H2,1-7H3,(H,23,27)/t19-/m1/s1. The van der Waals surface area contributed by atoms with Crippen LogP contribution in [-0.2, 0) is 10.2 Å². The molecule has 2 rings (SSSR count). The summed E-state index contributed by atoms with van der Waals surface area (Å²) >= 11 is 1.68. The Morgan fingerprint density at radius 1 is 1.18 bits per heavy atom. The van der Waals surface area contributed by atoms with Crippen LogP contribution in [0.2, 0.25) is 0 Å². The number of hydrogen-bond acceptors (Lipinski definition) is 3. The van der Waals surface area contributed by atoms with E-state index in [0.717, 1.165) is 6.42 Å². The lowest BCUT2D eigenvalue weighted by Crippen LogP contribution is -2.47. The molecule has 0 saturated carbocycles. The minimum atomic E-state index is -0.253. The lowest BCUT2D eigenvalue weighted by atomic mass is 9.86. The number of thioether (sulfide) groups is 1. The van der Waals surface area contributed by atoms with Gasteiger partial charge in [-0.1, -0.05) is 45.0 Å². The molecule has 1 aliphatic heterocycles. The Morgan fingerprint density at radius 3 is 2.32 bits per heavy atom. The van der Waals surface area contributed by atoms with Crippen molar-refractivity contribution in [3.8, 4) is 0 Å². The highest BCUT2D eigenvalue weighted by Crippen LogP contribution is 2.39. The van der Waals surface area contributed by atoms with Gasteiger partial charge in [-0.3, -0.25) is 4.79 Å². The smallest absolute Gasteiger partial charge is 0.317 e. The average molecular weight is 406 g/mol. The third kappa shape index (κ3) is 6.16. The van der Waals surface area contributed by atoms with Crippen LogP contribution in [0.25, 0.3) is 0 Å². The Morgan fingerprint density at radius 2 is 1.79 bits per heavy atom. The van der Waals surface area contributed by atoms with E-state index in [2.05, 4.69) is 50.4 Å². The molecule has 5 nitrogen and oxygen atoms in total. The molecule has 1 atom stereocenters. The van der Waals surface area contributed by atoms with Crippen molar-refractivity contribution in [3.63, 3.8) is 0 Å². The SMILES string of the molecule is CN(CCCN1C(=O)CS[C@@H]1c1ccc(C(C)(C)C)cc1)C(=O)NC(C)(C)C. The molecule has 0 bridgehead atoms. The minimum absolute atomic E-state index is 0.0650. The normalized spacial score (nSPS) is 17.8. The molecule has 3 amide bonds. The topological polar surface area (TPSA) is 52.7 Å². The van der Waals surface area contributed by atoms with E-state index in [1.54, 1.807) is 23.7 Å².